The molecular formula is C39H19Br6NO5. The van der Waals surface area contributed by atoms with Crippen molar-refractivity contribution in [1.29, 1.82) is 5.26 Å². The topological polar surface area (TPSA) is 93.4 Å². The number of nitriles is 1. The molecule has 2 aromatic heterocycles. The van der Waals surface area contributed by atoms with Crippen molar-refractivity contribution in [1.82, 2.24) is 0 Å². The number of halogens is 6. The van der Waals surface area contributed by atoms with Crippen LogP contribution < -0.4 is 15.6 Å². The van der Waals surface area contributed by atoms with Crippen LogP contribution in [0.15, 0.2) is 161 Å². The van der Waals surface area contributed by atoms with Gasteiger partial charge in [0.1, 0.15) is 39.9 Å². The average molecular weight is 1060 g/mol. The van der Waals surface area contributed by atoms with E-state index in [0.29, 0.717) is 60.9 Å². The standard InChI is InChI=1S/C13H7Br2NO.2C13H6Br2O2/c14-10-2-1-3-12(6-10)17-13-7-11(15)5-4-9(13)8-16;14-7-1-3-9-11(5-7)17-12-6-8(15)2-4-10(12)13(9)16;14-7-4-5-8-11(6-7)17-10-3-1-2-9(15)12(10)13(8)16/h1-7H;2*1-6H. The molecule has 0 spiro atoms. The molecule has 0 unspecified atom stereocenters. The Kier molecular flexibility index (Phi) is 12.0. The highest BCUT2D eigenvalue weighted by Crippen LogP contribution is 2.30. The molecule has 0 fully saturated rings. The van der Waals surface area contributed by atoms with Crippen LogP contribution in [0.4, 0.5) is 0 Å². The second kappa shape index (κ2) is 16.4. The van der Waals surface area contributed by atoms with E-state index in [4.69, 9.17) is 18.8 Å². The van der Waals surface area contributed by atoms with Crippen LogP contribution in [0.5, 0.6) is 11.5 Å². The van der Waals surface area contributed by atoms with E-state index in [2.05, 4.69) is 102 Å². The predicted molar refractivity (Wildman–Crippen MR) is 224 cm³/mol. The zero-order valence-corrected chi connectivity index (χ0v) is 35.2. The van der Waals surface area contributed by atoms with Gasteiger partial charge < -0.3 is 13.6 Å². The molecule has 0 aliphatic rings. The molecule has 0 bridgehead atoms. The van der Waals surface area contributed by atoms with E-state index < -0.39 is 0 Å². The summed E-state index contributed by atoms with van der Waals surface area (Å²) in [5.74, 6) is 1.23. The lowest BCUT2D eigenvalue weighted by Crippen LogP contribution is -2.02. The average Bonchev–Trinajstić information content (AvgIpc) is 3.09. The van der Waals surface area contributed by atoms with E-state index in [1.165, 1.54) is 0 Å². The second-order valence-corrected chi connectivity index (χ2v) is 16.1. The molecule has 8 rings (SSSR count). The van der Waals surface area contributed by atoms with Crippen molar-refractivity contribution in [2.75, 3.05) is 0 Å². The van der Waals surface area contributed by atoms with Crippen molar-refractivity contribution in [2.45, 2.75) is 0 Å². The Morgan fingerprint density at radius 1 is 0.510 bits per heavy atom. The summed E-state index contributed by atoms with van der Waals surface area (Å²) in [6.45, 7) is 0. The normalized spacial score (nSPS) is 10.7. The van der Waals surface area contributed by atoms with Gasteiger partial charge in [-0.15, -0.1) is 0 Å². The van der Waals surface area contributed by atoms with Crippen LogP contribution in [0.1, 0.15) is 5.56 Å². The van der Waals surface area contributed by atoms with Crippen molar-refractivity contribution in [3.63, 3.8) is 0 Å². The summed E-state index contributed by atoms with van der Waals surface area (Å²) in [5, 5.41) is 11.4. The van der Waals surface area contributed by atoms with Crippen molar-refractivity contribution >= 4 is 139 Å². The highest BCUT2D eigenvalue weighted by molar-refractivity contribution is 9.11. The third kappa shape index (κ3) is 8.74. The Bertz CT molecular complexity index is 2680. The monoisotopic (exact) mass is 1050 g/mol. The molecule has 0 aliphatic heterocycles. The van der Waals surface area contributed by atoms with Gasteiger partial charge in [-0.25, -0.2) is 0 Å². The number of rotatable bonds is 2. The predicted octanol–water partition coefficient (Wildman–Crippen LogP) is 13.8. The molecule has 8 aromatic rings. The summed E-state index contributed by atoms with van der Waals surface area (Å²) in [7, 11) is 0. The van der Waals surface area contributed by atoms with Gasteiger partial charge in [0.05, 0.1) is 27.1 Å². The number of hydrogen-bond acceptors (Lipinski definition) is 6. The van der Waals surface area contributed by atoms with Gasteiger partial charge in [0.2, 0.25) is 10.9 Å². The molecule has 6 nitrogen and oxygen atoms in total. The summed E-state index contributed by atoms with van der Waals surface area (Å²) >= 11 is 20.2. The minimum atomic E-state index is -0.0128. The van der Waals surface area contributed by atoms with Crippen LogP contribution in [0.25, 0.3) is 43.9 Å². The summed E-state index contributed by atoms with van der Waals surface area (Å²) in [4.78, 5) is 24.5. The Morgan fingerprint density at radius 2 is 1.00 bits per heavy atom. The van der Waals surface area contributed by atoms with Crippen molar-refractivity contribution in [3.8, 4) is 17.6 Å². The maximum absolute atomic E-state index is 12.3. The molecule has 252 valence electrons. The van der Waals surface area contributed by atoms with E-state index in [1.807, 2.05) is 60.7 Å². The molecule has 0 saturated heterocycles. The van der Waals surface area contributed by atoms with E-state index in [0.717, 1.165) is 26.8 Å². The van der Waals surface area contributed by atoms with Crippen LogP contribution in [0.3, 0.4) is 0 Å². The second-order valence-electron chi connectivity index (χ2n) is 10.7. The summed E-state index contributed by atoms with van der Waals surface area (Å²) in [6.07, 6.45) is 0. The van der Waals surface area contributed by atoms with Crippen molar-refractivity contribution in [3.05, 3.63) is 168 Å². The first-order chi connectivity index (χ1) is 24.5. The van der Waals surface area contributed by atoms with Crippen LogP contribution in [0.2, 0.25) is 0 Å². The molecule has 0 saturated carbocycles. The van der Waals surface area contributed by atoms with Gasteiger partial charge in [0.25, 0.3) is 0 Å². The summed E-state index contributed by atoms with van der Waals surface area (Å²) in [6, 6.07) is 36.6. The Hall–Kier alpha value is -3.57. The van der Waals surface area contributed by atoms with Crippen molar-refractivity contribution < 1.29 is 13.6 Å². The molecule has 0 atom stereocenters. The fourth-order valence-corrected chi connectivity index (χ4v) is 7.23. The van der Waals surface area contributed by atoms with Gasteiger partial charge in [-0.1, -0.05) is 91.8 Å². The van der Waals surface area contributed by atoms with Crippen LogP contribution in [-0.2, 0) is 0 Å². The highest BCUT2D eigenvalue weighted by Gasteiger charge is 2.11. The van der Waals surface area contributed by atoms with Crippen LogP contribution >= 0.6 is 95.6 Å². The van der Waals surface area contributed by atoms with E-state index in [9.17, 15) is 9.59 Å². The SMILES string of the molecule is N#Cc1ccc(Br)cc1Oc1cccc(Br)c1.O=c1c2ccc(Br)cc2oc2cc(Br)ccc12.O=c1c2ccc(Br)cc2oc2cccc(Br)c12. The minimum absolute atomic E-state index is 0.00116. The summed E-state index contributed by atoms with van der Waals surface area (Å²) in [5.41, 5.74) is 2.87. The van der Waals surface area contributed by atoms with E-state index in [-0.39, 0.29) is 10.9 Å². The third-order valence-corrected chi connectivity index (χ3v) is 10.4. The Balaban J connectivity index is 0.000000132. The zero-order chi connectivity index (χ0) is 36.2. The zero-order valence-electron chi connectivity index (χ0n) is 25.7. The molecular weight excluding hydrogens is 1040 g/mol. The molecule has 12 heteroatoms. The first-order valence-electron chi connectivity index (χ1n) is 14.8. The van der Waals surface area contributed by atoms with Crippen molar-refractivity contribution in [2.24, 2.45) is 0 Å². The molecule has 0 N–H and O–H groups in total. The maximum Gasteiger partial charge on any atom is 0.201 e. The lowest BCUT2D eigenvalue weighted by atomic mass is 10.1. The number of fused-ring (bicyclic) bond motifs is 4. The fourth-order valence-electron chi connectivity index (χ4n) is 4.96. The number of nitrogens with zero attached hydrogens (tertiary/aromatic N) is 1. The lowest BCUT2D eigenvalue weighted by molar-refractivity contribution is 0.480. The molecule has 6 aromatic carbocycles. The van der Waals surface area contributed by atoms with E-state index in [1.54, 1.807) is 54.6 Å². The molecule has 0 radical (unpaired) electrons. The number of benzene rings is 6. The molecule has 2 heterocycles. The lowest BCUT2D eigenvalue weighted by Gasteiger charge is -2.07. The van der Waals surface area contributed by atoms with Gasteiger partial charge in [-0.05, 0) is 119 Å². The van der Waals surface area contributed by atoms with Gasteiger partial charge in [0, 0.05) is 26.8 Å². The van der Waals surface area contributed by atoms with Crippen LogP contribution in [0, 0.1) is 11.3 Å². The largest absolute Gasteiger partial charge is 0.456 e. The molecule has 0 amide bonds. The van der Waals surface area contributed by atoms with Gasteiger partial charge >= 0.3 is 0 Å². The van der Waals surface area contributed by atoms with Gasteiger partial charge in [-0.3, -0.25) is 9.59 Å². The minimum Gasteiger partial charge on any atom is -0.456 e. The molecule has 51 heavy (non-hydrogen) atoms. The Labute approximate surface area is 340 Å². The number of ether oxygens (including phenoxy) is 1. The van der Waals surface area contributed by atoms with Crippen LogP contribution in [-0.4, -0.2) is 0 Å². The first-order valence-corrected chi connectivity index (χ1v) is 19.5. The van der Waals surface area contributed by atoms with Gasteiger partial charge in [-0.2, -0.15) is 5.26 Å². The first kappa shape index (κ1) is 37.2. The van der Waals surface area contributed by atoms with Gasteiger partial charge in [0.15, 0.2) is 0 Å². The smallest absolute Gasteiger partial charge is 0.201 e. The fraction of sp³-hybridized carbons (Fsp3) is 0. The molecule has 0 aliphatic carbocycles. The Morgan fingerprint density at radius 3 is 1.57 bits per heavy atom. The summed E-state index contributed by atoms with van der Waals surface area (Å²) < 4.78 is 22.4. The third-order valence-electron chi connectivity index (χ3n) is 7.30. The van der Waals surface area contributed by atoms with E-state index >= 15 is 0 Å². The quantitative estimate of drug-likeness (QED) is 0.160. The number of hydrogen-bond donors (Lipinski definition) is 0. The highest BCUT2D eigenvalue weighted by atomic mass is 79.9. The maximum atomic E-state index is 12.3.